The molecule has 0 aliphatic carbocycles. The number of para-hydroxylation sites is 2. The summed E-state index contributed by atoms with van der Waals surface area (Å²) < 4.78 is 0. The molecular formula is C25H24N2O. The molecule has 4 aromatic rings. The molecule has 3 N–H and O–H groups in total. The van der Waals surface area contributed by atoms with Crippen LogP contribution in [0.25, 0.3) is 21.9 Å². The van der Waals surface area contributed by atoms with Gasteiger partial charge in [-0.25, -0.2) is 0 Å². The first-order chi connectivity index (χ1) is 13.6. The number of nitrogen functional groups attached to an aromatic ring is 1. The average molecular weight is 368 g/mol. The number of nitrogens with zero attached hydrogens (tertiary/aromatic N) is 1. The number of anilines is 2. The first-order valence-corrected chi connectivity index (χ1v) is 9.40. The van der Waals surface area contributed by atoms with Crippen LogP contribution in [0.2, 0.25) is 0 Å². The van der Waals surface area contributed by atoms with E-state index in [9.17, 15) is 5.11 Å². The first-order valence-electron chi connectivity index (χ1n) is 9.40. The van der Waals surface area contributed by atoms with Crippen molar-refractivity contribution >= 4 is 22.1 Å². The van der Waals surface area contributed by atoms with E-state index >= 15 is 0 Å². The first kappa shape index (κ1) is 17.9. The van der Waals surface area contributed by atoms with E-state index in [0.717, 1.165) is 39.6 Å². The monoisotopic (exact) mass is 368 g/mol. The van der Waals surface area contributed by atoms with Crippen LogP contribution in [0.15, 0.2) is 78.9 Å². The number of rotatable bonds is 4. The fourth-order valence-corrected chi connectivity index (χ4v) is 3.91. The quantitative estimate of drug-likeness (QED) is 0.471. The zero-order valence-electron chi connectivity index (χ0n) is 16.2. The third-order valence-corrected chi connectivity index (χ3v) is 5.19. The van der Waals surface area contributed by atoms with Crippen molar-refractivity contribution in [3.63, 3.8) is 0 Å². The lowest BCUT2D eigenvalue weighted by Crippen LogP contribution is -2.11. The molecule has 0 fully saturated rings. The smallest absolute Gasteiger partial charge is 0.123 e. The van der Waals surface area contributed by atoms with E-state index in [2.05, 4.69) is 55.4 Å². The van der Waals surface area contributed by atoms with Gasteiger partial charge >= 0.3 is 0 Å². The number of benzene rings is 4. The molecule has 140 valence electrons. The molecule has 0 atom stereocenters. The van der Waals surface area contributed by atoms with Crippen LogP contribution in [0.4, 0.5) is 11.4 Å². The van der Waals surface area contributed by atoms with E-state index in [4.69, 9.17) is 5.73 Å². The van der Waals surface area contributed by atoms with E-state index in [1.165, 1.54) is 11.3 Å². The molecule has 0 amide bonds. The zero-order valence-corrected chi connectivity index (χ0v) is 16.2. The minimum atomic E-state index is 0.277. The molecule has 0 aliphatic heterocycles. The summed E-state index contributed by atoms with van der Waals surface area (Å²) in [5.41, 5.74) is 12.5. The zero-order chi connectivity index (χ0) is 19.7. The van der Waals surface area contributed by atoms with E-state index < -0.39 is 0 Å². The Morgan fingerprint density at radius 1 is 0.786 bits per heavy atom. The van der Waals surface area contributed by atoms with Crippen LogP contribution in [-0.2, 0) is 6.42 Å². The third kappa shape index (κ3) is 3.16. The van der Waals surface area contributed by atoms with Crippen LogP contribution in [0.5, 0.6) is 5.75 Å². The van der Waals surface area contributed by atoms with E-state index in [0.29, 0.717) is 0 Å². The Morgan fingerprint density at radius 3 is 2.18 bits per heavy atom. The average Bonchev–Trinajstić information content (AvgIpc) is 2.70. The van der Waals surface area contributed by atoms with Gasteiger partial charge in [-0.2, -0.15) is 0 Å². The van der Waals surface area contributed by atoms with Gasteiger partial charge in [0, 0.05) is 42.8 Å². The van der Waals surface area contributed by atoms with E-state index in [1.54, 1.807) is 6.07 Å². The van der Waals surface area contributed by atoms with Gasteiger partial charge in [-0.1, -0.05) is 60.7 Å². The molecule has 0 heterocycles. The van der Waals surface area contributed by atoms with Crippen molar-refractivity contribution in [2.45, 2.75) is 6.42 Å². The Hall–Kier alpha value is -3.46. The molecule has 3 nitrogen and oxygen atoms in total. The van der Waals surface area contributed by atoms with Gasteiger partial charge in [-0.3, -0.25) is 0 Å². The largest absolute Gasteiger partial charge is 0.507 e. The van der Waals surface area contributed by atoms with Crippen LogP contribution in [0, 0.1) is 0 Å². The lowest BCUT2D eigenvalue weighted by Gasteiger charge is -2.20. The maximum atomic E-state index is 10.6. The molecule has 0 saturated carbocycles. The molecule has 3 heteroatoms. The lowest BCUT2D eigenvalue weighted by atomic mass is 9.88. The normalized spacial score (nSPS) is 10.9. The van der Waals surface area contributed by atoms with Gasteiger partial charge in [0.25, 0.3) is 0 Å². The minimum Gasteiger partial charge on any atom is -0.507 e. The number of phenolic OH excluding ortho intramolecular Hbond substituents is 1. The van der Waals surface area contributed by atoms with Crippen LogP contribution < -0.4 is 10.6 Å². The molecule has 0 aliphatic rings. The topological polar surface area (TPSA) is 49.5 Å². The molecule has 0 radical (unpaired) electrons. The Bertz CT molecular complexity index is 1150. The van der Waals surface area contributed by atoms with Crippen LogP contribution >= 0.6 is 0 Å². The van der Waals surface area contributed by atoms with Crippen LogP contribution in [0.1, 0.15) is 11.1 Å². The van der Waals surface area contributed by atoms with E-state index in [-0.39, 0.29) is 5.75 Å². The van der Waals surface area contributed by atoms with E-state index in [1.807, 2.05) is 36.4 Å². The molecule has 0 bridgehead atoms. The van der Waals surface area contributed by atoms with Gasteiger partial charge in [-0.15, -0.1) is 0 Å². The highest BCUT2D eigenvalue weighted by molar-refractivity contribution is 6.05. The molecule has 0 aromatic heterocycles. The second-order valence-corrected chi connectivity index (χ2v) is 7.26. The number of phenols is 1. The van der Waals surface area contributed by atoms with Crippen molar-refractivity contribution < 1.29 is 5.11 Å². The summed E-state index contributed by atoms with van der Waals surface area (Å²) in [5.74, 6) is 0.277. The van der Waals surface area contributed by atoms with Crippen LogP contribution in [0.3, 0.4) is 0 Å². The van der Waals surface area contributed by atoms with Crippen molar-refractivity contribution in [2.75, 3.05) is 24.7 Å². The Labute approximate surface area is 165 Å². The van der Waals surface area contributed by atoms with Gasteiger partial charge in [0.05, 0.1) is 0 Å². The standard InChI is InChI=1S/C25H24N2O/c1-27(2)23-13-7-3-9-17(23)15-18-16-22(26)19-10-4-5-11-20(19)25(18)21-12-6-8-14-24(21)28/h3-14,16,28H,15,26H2,1-2H3. The maximum absolute atomic E-state index is 10.6. The molecule has 0 unspecified atom stereocenters. The predicted molar refractivity (Wildman–Crippen MR) is 119 cm³/mol. The van der Waals surface area contributed by atoms with Gasteiger partial charge in [0.2, 0.25) is 0 Å². The minimum absolute atomic E-state index is 0.277. The Morgan fingerprint density at radius 2 is 1.43 bits per heavy atom. The summed E-state index contributed by atoms with van der Waals surface area (Å²) in [4.78, 5) is 2.12. The van der Waals surface area contributed by atoms with Gasteiger partial charge in [-0.05, 0) is 40.3 Å². The summed E-state index contributed by atoms with van der Waals surface area (Å²) in [7, 11) is 4.11. The van der Waals surface area contributed by atoms with Crippen molar-refractivity contribution in [3.05, 3.63) is 90.0 Å². The highest BCUT2D eigenvalue weighted by Crippen LogP contribution is 2.40. The predicted octanol–water partition coefficient (Wildman–Crippen LogP) is 5.45. The summed E-state index contributed by atoms with van der Waals surface area (Å²) in [6.07, 6.45) is 0.729. The molecule has 0 saturated heterocycles. The Kier molecular flexibility index (Phi) is 4.66. The third-order valence-electron chi connectivity index (χ3n) is 5.19. The number of fused-ring (bicyclic) bond motifs is 1. The van der Waals surface area contributed by atoms with Crippen LogP contribution in [-0.4, -0.2) is 19.2 Å². The lowest BCUT2D eigenvalue weighted by molar-refractivity contribution is 0.477. The van der Waals surface area contributed by atoms with Gasteiger partial charge < -0.3 is 15.7 Å². The van der Waals surface area contributed by atoms with Crippen molar-refractivity contribution in [2.24, 2.45) is 0 Å². The summed E-state index contributed by atoms with van der Waals surface area (Å²) in [6, 6.07) is 26.1. The SMILES string of the molecule is CN(C)c1ccccc1Cc1cc(N)c2ccccc2c1-c1ccccc1O. The second kappa shape index (κ2) is 7.28. The van der Waals surface area contributed by atoms with Gasteiger partial charge in [0.1, 0.15) is 5.75 Å². The molecule has 4 rings (SSSR count). The number of hydrogen-bond donors (Lipinski definition) is 2. The van der Waals surface area contributed by atoms with Crippen molar-refractivity contribution in [1.82, 2.24) is 0 Å². The fraction of sp³-hybridized carbons (Fsp3) is 0.120. The van der Waals surface area contributed by atoms with Gasteiger partial charge in [0.15, 0.2) is 0 Å². The van der Waals surface area contributed by atoms with Crippen molar-refractivity contribution in [1.29, 1.82) is 0 Å². The second-order valence-electron chi connectivity index (χ2n) is 7.26. The highest BCUT2D eigenvalue weighted by atomic mass is 16.3. The molecular weight excluding hydrogens is 344 g/mol. The number of aromatic hydroxyl groups is 1. The Balaban J connectivity index is 1.99. The summed E-state index contributed by atoms with van der Waals surface area (Å²) >= 11 is 0. The number of nitrogens with two attached hydrogens (primary N) is 1. The fourth-order valence-electron chi connectivity index (χ4n) is 3.91. The summed E-state index contributed by atoms with van der Waals surface area (Å²) in [6.45, 7) is 0. The maximum Gasteiger partial charge on any atom is 0.123 e. The molecule has 0 spiro atoms. The number of hydrogen-bond acceptors (Lipinski definition) is 3. The molecule has 28 heavy (non-hydrogen) atoms. The molecule has 4 aromatic carbocycles. The summed E-state index contributed by atoms with van der Waals surface area (Å²) in [5, 5.41) is 12.6. The highest BCUT2D eigenvalue weighted by Gasteiger charge is 2.17. The van der Waals surface area contributed by atoms with Crippen molar-refractivity contribution in [3.8, 4) is 16.9 Å².